The fourth-order valence-corrected chi connectivity index (χ4v) is 1.46. The lowest BCUT2D eigenvalue weighted by Gasteiger charge is -2.06. The zero-order valence-electron chi connectivity index (χ0n) is 9.42. The van der Waals surface area contributed by atoms with Gasteiger partial charge >= 0.3 is 0 Å². The Hall–Kier alpha value is -2.21. The van der Waals surface area contributed by atoms with E-state index >= 15 is 0 Å². The lowest BCUT2D eigenvalue weighted by atomic mass is 10.3. The molecule has 0 saturated carbocycles. The van der Waals surface area contributed by atoms with Crippen LogP contribution in [0.4, 0.5) is 5.82 Å². The normalized spacial score (nSPS) is 10.2. The van der Waals surface area contributed by atoms with Crippen molar-refractivity contribution in [3.63, 3.8) is 0 Å². The largest absolute Gasteiger partial charge is 0.308 e. The predicted octanol–water partition coefficient (Wildman–Crippen LogP) is 0.281. The fraction of sp³-hybridized carbons (Fsp3) is 0.182. The third kappa shape index (κ3) is 2.67. The zero-order chi connectivity index (χ0) is 12.3. The molecular weight excluding hydrogens is 218 g/mol. The Morgan fingerprint density at radius 2 is 2.29 bits per heavy atom. The van der Waals surface area contributed by atoms with Crippen molar-refractivity contribution in [2.75, 3.05) is 5.43 Å². The first-order valence-electron chi connectivity index (χ1n) is 5.14. The molecule has 0 bridgehead atoms. The first kappa shape index (κ1) is 11.3. The number of aromatic nitrogens is 3. The second-order valence-electron chi connectivity index (χ2n) is 3.65. The van der Waals surface area contributed by atoms with Crippen molar-refractivity contribution in [2.24, 2.45) is 5.84 Å². The second-order valence-corrected chi connectivity index (χ2v) is 3.65. The number of hydrogen-bond donors (Lipinski definition) is 2. The number of nitrogens with one attached hydrogen (secondary N) is 1. The summed E-state index contributed by atoms with van der Waals surface area (Å²) in [6, 6.07) is 6.89. The Bertz CT molecular complexity index is 578. The molecule has 2 aromatic rings. The third-order valence-corrected chi connectivity index (χ3v) is 2.30. The van der Waals surface area contributed by atoms with Gasteiger partial charge in [-0.25, -0.2) is 15.8 Å². The molecule has 6 nitrogen and oxygen atoms in total. The maximum Gasteiger partial charge on any atom is 0.253 e. The highest BCUT2D eigenvalue weighted by Gasteiger charge is 2.01. The van der Waals surface area contributed by atoms with E-state index in [-0.39, 0.29) is 5.56 Å². The average molecular weight is 231 g/mol. The third-order valence-electron chi connectivity index (χ3n) is 2.30. The average Bonchev–Trinajstić information content (AvgIpc) is 2.33. The Balaban J connectivity index is 2.28. The minimum Gasteiger partial charge on any atom is -0.308 e. The minimum absolute atomic E-state index is 0.0922. The molecule has 17 heavy (non-hydrogen) atoms. The smallest absolute Gasteiger partial charge is 0.253 e. The van der Waals surface area contributed by atoms with Crippen LogP contribution in [0.2, 0.25) is 0 Å². The van der Waals surface area contributed by atoms with Gasteiger partial charge in [-0.1, -0.05) is 6.07 Å². The van der Waals surface area contributed by atoms with E-state index in [9.17, 15) is 4.79 Å². The summed E-state index contributed by atoms with van der Waals surface area (Å²) in [5.74, 6) is 5.83. The monoisotopic (exact) mass is 231 g/mol. The van der Waals surface area contributed by atoms with Crippen molar-refractivity contribution >= 4 is 5.82 Å². The van der Waals surface area contributed by atoms with Crippen molar-refractivity contribution in [1.82, 2.24) is 14.5 Å². The van der Waals surface area contributed by atoms with Gasteiger partial charge in [0.1, 0.15) is 5.82 Å². The first-order valence-corrected chi connectivity index (χ1v) is 5.14. The van der Waals surface area contributed by atoms with Crippen molar-refractivity contribution in [3.05, 3.63) is 52.3 Å². The second kappa shape index (κ2) is 4.75. The number of nitrogens with two attached hydrogens (primary N) is 1. The SMILES string of the molecule is Cc1cc(=O)n(Cc2cccc(NN)n2)cn1. The molecule has 0 unspecified atom stereocenters. The number of hydrogen-bond acceptors (Lipinski definition) is 5. The van der Waals surface area contributed by atoms with Crippen molar-refractivity contribution in [3.8, 4) is 0 Å². The maximum atomic E-state index is 11.7. The van der Waals surface area contributed by atoms with Crippen LogP contribution in [0.1, 0.15) is 11.4 Å². The van der Waals surface area contributed by atoms with E-state index in [1.165, 1.54) is 17.0 Å². The molecule has 3 N–H and O–H groups in total. The number of nitrogen functional groups attached to an aromatic ring is 1. The zero-order valence-corrected chi connectivity index (χ0v) is 9.42. The Kier molecular flexibility index (Phi) is 3.15. The lowest BCUT2D eigenvalue weighted by Crippen LogP contribution is -2.21. The van der Waals surface area contributed by atoms with Gasteiger partial charge in [-0.15, -0.1) is 0 Å². The van der Waals surface area contributed by atoms with Crippen molar-refractivity contribution in [1.29, 1.82) is 0 Å². The van der Waals surface area contributed by atoms with Crippen LogP contribution in [-0.4, -0.2) is 14.5 Å². The van der Waals surface area contributed by atoms with Gasteiger partial charge in [0, 0.05) is 11.8 Å². The van der Waals surface area contributed by atoms with E-state index in [1.54, 1.807) is 13.0 Å². The van der Waals surface area contributed by atoms with Crippen molar-refractivity contribution < 1.29 is 0 Å². The maximum absolute atomic E-state index is 11.7. The molecule has 0 saturated heterocycles. The van der Waals surface area contributed by atoms with E-state index in [4.69, 9.17) is 5.84 Å². The van der Waals surface area contributed by atoms with Crippen LogP contribution in [0.3, 0.4) is 0 Å². The standard InChI is InChI=1S/C11H13N5O/c1-8-5-11(17)16(7-13-8)6-9-3-2-4-10(14-9)15-12/h2-5,7H,6,12H2,1H3,(H,14,15). The Morgan fingerprint density at radius 1 is 1.47 bits per heavy atom. The molecule has 0 aromatic carbocycles. The topological polar surface area (TPSA) is 85.8 Å². The van der Waals surface area contributed by atoms with Crippen LogP contribution in [0, 0.1) is 6.92 Å². The van der Waals surface area contributed by atoms with Crippen LogP contribution in [-0.2, 0) is 6.54 Å². The molecule has 0 atom stereocenters. The molecule has 0 aliphatic heterocycles. The molecule has 88 valence electrons. The van der Waals surface area contributed by atoms with Crippen LogP contribution < -0.4 is 16.8 Å². The van der Waals surface area contributed by atoms with Crippen molar-refractivity contribution in [2.45, 2.75) is 13.5 Å². The number of pyridine rings is 1. The summed E-state index contributed by atoms with van der Waals surface area (Å²) in [7, 11) is 0. The quantitative estimate of drug-likeness (QED) is 0.585. The highest BCUT2D eigenvalue weighted by Crippen LogP contribution is 2.03. The molecule has 6 heteroatoms. The molecule has 0 spiro atoms. The number of anilines is 1. The van der Waals surface area contributed by atoms with Crippen LogP contribution >= 0.6 is 0 Å². The summed E-state index contributed by atoms with van der Waals surface area (Å²) >= 11 is 0. The minimum atomic E-state index is -0.0922. The Morgan fingerprint density at radius 3 is 3.00 bits per heavy atom. The summed E-state index contributed by atoms with van der Waals surface area (Å²) in [6.45, 7) is 2.16. The van der Waals surface area contributed by atoms with E-state index in [1.807, 2.05) is 12.1 Å². The molecule has 0 aliphatic rings. The lowest BCUT2D eigenvalue weighted by molar-refractivity contribution is 0.714. The van der Waals surface area contributed by atoms with Gasteiger partial charge < -0.3 is 5.43 Å². The van der Waals surface area contributed by atoms with Gasteiger partial charge in [0.05, 0.1) is 18.6 Å². The highest BCUT2D eigenvalue weighted by molar-refractivity contribution is 5.33. The van der Waals surface area contributed by atoms with Crippen LogP contribution in [0.5, 0.6) is 0 Å². The summed E-state index contributed by atoms with van der Waals surface area (Å²) in [4.78, 5) is 20.0. The molecule has 0 amide bonds. The Labute approximate surface area is 98.1 Å². The number of nitrogens with zero attached hydrogens (tertiary/aromatic N) is 3. The van der Waals surface area contributed by atoms with Gasteiger partial charge in [-0.3, -0.25) is 9.36 Å². The number of hydrazine groups is 1. The van der Waals surface area contributed by atoms with Gasteiger partial charge in [-0.2, -0.15) is 0 Å². The highest BCUT2D eigenvalue weighted by atomic mass is 16.1. The first-order chi connectivity index (χ1) is 8.19. The van der Waals surface area contributed by atoms with E-state index in [0.29, 0.717) is 18.1 Å². The molecule has 2 rings (SSSR count). The summed E-state index contributed by atoms with van der Waals surface area (Å²) < 4.78 is 1.50. The number of aryl methyl sites for hydroxylation is 1. The molecule has 0 aliphatic carbocycles. The summed E-state index contributed by atoms with van der Waals surface area (Å²) in [5, 5.41) is 0. The van der Waals surface area contributed by atoms with Gasteiger partial charge in [0.2, 0.25) is 0 Å². The van der Waals surface area contributed by atoms with Crippen LogP contribution in [0.25, 0.3) is 0 Å². The van der Waals surface area contributed by atoms with E-state index in [2.05, 4.69) is 15.4 Å². The molecule has 0 radical (unpaired) electrons. The fourth-order valence-electron chi connectivity index (χ4n) is 1.46. The molecule has 0 fully saturated rings. The molecule has 2 aromatic heterocycles. The van der Waals surface area contributed by atoms with Gasteiger partial charge in [-0.05, 0) is 19.1 Å². The summed E-state index contributed by atoms with van der Waals surface area (Å²) in [5.41, 5.74) is 3.82. The molecular formula is C11H13N5O. The van der Waals surface area contributed by atoms with Gasteiger partial charge in [0.25, 0.3) is 5.56 Å². The van der Waals surface area contributed by atoms with E-state index < -0.39 is 0 Å². The van der Waals surface area contributed by atoms with Gasteiger partial charge in [0.15, 0.2) is 0 Å². The molecule has 2 heterocycles. The summed E-state index contributed by atoms with van der Waals surface area (Å²) in [6.07, 6.45) is 1.52. The van der Waals surface area contributed by atoms with E-state index in [0.717, 1.165) is 5.69 Å². The number of rotatable bonds is 3. The van der Waals surface area contributed by atoms with Crippen LogP contribution in [0.15, 0.2) is 35.4 Å². The predicted molar refractivity (Wildman–Crippen MR) is 64.4 cm³/mol.